The number of nitrogens with one attached hydrogen (secondary N) is 2. The second-order valence-electron chi connectivity index (χ2n) is 9.44. The number of H-pyrrole nitrogens is 1. The Morgan fingerprint density at radius 2 is 1.79 bits per heavy atom. The molecule has 0 unspecified atom stereocenters. The third-order valence-corrected chi connectivity index (χ3v) is 7.29. The standard InChI is InChI=1S/C27H31N3O3S/c1-17-8-9-18(2)25-22(17)13-20(26(31)29-25)15-30(27(34)28-21-6-4-3-5-7-21)14-19-10-11-23-24(12-19)33-16-32-23/h8-13,21H,3-7,14-16H2,1-2H3,(H,28,34)(H,29,31). The number of ether oxygens (including phenoxy) is 2. The lowest BCUT2D eigenvalue weighted by atomic mass is 9.96. The molecule has 5 rings (SSSR count). The van der Waals surface area contributed by atoms with Crippen LogP contribution in [0.25, 0.3) is 10.9 Å². The first kappa shape index (κ1) is 22.7. The number of aromatic nitrogens is 1. The first-order valence-electron chi connectivity index (χ1n) is 12.0. The fourth-order valence-electron chi connectivity index (χ4n) is 4.91. The number of pyridine rings is 1. The van der Waals surface area contributed by atoms with Crippen LogP contribution in [0.4, 0.5) is 0 Å². The van der Waals surface area contributed by atoms with E-state index in [0.29, 0.717) is 29.8 Å². The lowest BCUT2D eigenvalue weighted by molar-refractivity contribution is 0.174. The Morgan fingerprint density at radius 1 is 1.03 bits per heavy atom. The highest BCUT2D eigenvalue weighted by Gasteiger charge is 2.21. The maximum Gasteiger partial charge on any atom is 0.253 e. The lowest BCUT2D eigenvalue weighted by Gasteiger charge is -2.31. The number of fused-ring (bicyclic) bond motifs is 2. The summed E-state index contributed by atoms with van der Waals surface area (Å²) in [7, 11) is 0. The molecular formula is C27H31N3O3S. The van der Waals surface area contributed by atoms with Crippen LogP contribution in [0.2, 0.25) is 0 Å². The summed E-state index contributed by atoms with van der Waals surface area (Å²) in [5.41, 5.74) is 4.80. The van der Waals surface area contributed by atoms with Gasteiger partial charge >= 0.3 is 0 Å². The number of aromatic amines is 1. The number of hydrogen-bond acceptors (Lipinski definition) is 4. The normalized spacial score (nSPS) is 15.5. The lowest BCUT2D eigenvalue weighted by Crippen LogP contribution is -2.45. The molecule has 0 bridgehead atoms. The Bertz CT molecular complexity index is 1280. The fraction of sp³-hybridized carbons (Fsp3) is 0.407. The minimum absolute atomic E-state index is 0.0719. The van der Waals surface area contributed by atoms with Gasteiger partial charge in [0.05, 0.1) is 12.1 Å². The summed E-state index contributed by atoms with van der Waals surface area (Å²) < 4.78 is 11.0. The second kappa shape index (κ2) is 9.66. The predicted molar refractivity (Wildman–Crippen MR) is 138 cm³/mol. The zero-order chi connectivity index (χ0) is 23.7. The molecule has 0 spiro atoms. The molecule has 2 heterocycles. The smallest absolute Gasteiger partial charge is 0.253 e. The SMILES string of the molecule is Cc1ccc(C)c2[nH]c(=O)c(CN(Cc3ccc4c(c3)OCO4)C(=S)NC3CCCCC3)cc12. The van der Waals surface area contributed by atoms with Crippen molar-refractivity contribution >= 4 is 28.2 Å². The Labute approximate surface area is 205 Å². The number of thiocarbonyl (C=S) groups is 1. The van der Waals surface area contributed by atoms with E-state index in [1.807, 2.05) is 37.3 Å². The number of rotatable bonds is 5. The fourth-order valence-corrected chi connectivity index (χ4v) is 5.21. The van der Waals surface area contributed by atoms with Gasteiger partial charge in [-0.15, -0.1) is 0 Å². The van der Waals surface area contributed by atoms with Gasteiger partial charge in [-0.25, -0.2) is 0 Å². The largest absolute Gasteiger partial charge is 0.454 e. The van der Waals surface area contributed by atoms with E-state index in [2.05, 4.69) is 28.2 Å². The van der Waals surface area contributed by atoms with Gasteiger partial charge in [0.15, 0.2) is 16.6 Å². The van der Waals surface area contributed by atoms with E-state index in [4.69, 9.17) is 21.7 Å². The molecule has 3 aromatic rings. The molecule has 2 aliphatic rings. The Morgan fingerprint density at radius 3 is 2.62 bits per heavy atom. The van der Waals surface area contributed by atoms with Crippen LogP contribution >= 0.6 is 12.2 Å². The van der Waals surface area contributed by atoms with Gasteiger partial charge in [-0.1, -0.05) is 37.5 Å². The molecule has 1 aliphatic carbocycles. The van der Waals surface area contributed by atoms with Crippen molar-refractivity contribution in [1.29, 1.82) is 0 Å². The average molecular weight is 478 g/mol. The van der Waals surface area contributed by atoms with Gasteiger partial charge in [0.25, 0.3) is 5.56 Å². The highest BCUT2D eigenvalue weighted by molar-refractivity contribution is 7.80. The van der Waals surface area contributed by atoms with Crippen molar-refractivity contribution in [3.05, 3.63) is 69.0 Å². The Hall–Kier alpha value is -3.06. The molecule has 1 saturated carbocycles. The molecule has 0 amide bonds. The minimum Gasteiger partial charge on any atom is -0.454 e. The van der Waals surface area contributed by atoms with Crippen LogP contribution in [0.1, 0.15) is 54.4 Å². The summed E-state index contributed by atoms with van der Waals surface area (Å²) in [6, 6.07) is 12.5. The Kier molecular flexibility index (Phi) is 6.46. The van der Waals surface area contributed by atoms with Crippen molar-refractivity contribution in [3.8, 4) is 11.5 Å². The summed E-state index contributed by atoms with van der Waals surface area (Å²) in [5.74, 6) is 1.51. The molecule has 2 N–H and O–H groups in total. The molecule has 7 heteroatoms. The summed E-state index contributed by atoms with van der Waals surface area (Å²) >= 11 is 5.89. The third kappa shape index (κ3) is 4.75. The van der Waals surface area contributed by atoms with Gasteiger partial charge in [0.2, 0.25) is 6.79 Å². The summed E-state index contributed by atoms with van der Waals surface area (Å²) in [5, 5.41) is 5.34. The van der Waals surface area contributed by atoms with Gasteiger partial charge in [-0.3, -0.25) is 4.79 Å². The maximum atomic E-state index is 13.1. The first-order valence-corrected chi connectivity index (χ1v) is 12.4. The summed E-state index contributed by atoms with van der Waals surface area (Å²) in [6.07, 6.45) is 6.01. The minimum atomic E-state index is -0.0719. The van der Waals surface area contributed by atoms with E-state index in [1.54, 1.807) is 0 Å². The second-order valence-corrected chi connectivity index (χ2v) is 9.83. The molecule has 1 fully saturated rings. The number of nitrogens with zero attached hydrogens (tertiary/aromatic N) is 1. The molecule has 1 aromatic heterocycles. The van der Waals surface area contributed by atoms with E-state index in [1.165, 1.54) is 19.3 Å². The van der Waals surface area contributed by atoms with Crippen LogP contribution in [-0.4, -0.2) is 27.8 Å². The van der Waals surface area contributed by atoms with Crippen molar-refractivity contribution in [2.24, 2.45) is 0 Å². The molecule has 34 heavy (non-hydrogen) atoms. The van der Waals surface area contributed by atoms with Crippen LogP contribution in [0, 0.1) is 13.8 Å². The van der Waals surface area contributed by atoms with Gasteiger partial charge in [-0.05, 0) is 73.8 Å². The molecule has 0 atom stereocenters. The molecule has 178 valence electrons. The van der Waals surface area contributed by atoms with Crippen LogP contribution in [0.15, 0.2) is 41.2 Å². The molecular weight excluding hydrogens is 446 g/mol. The number of benzene rings is 2. The van der Waals surface area contributed by atoms with Gasteiger partial charge < -0.3 is 24.7 Å². The molecule has 0 saturated heterocycles. The highest BCUT2D eigenvalue weighted by atomic mass is 32.1. The van der Waals surface area contributed by atoms with Crippen LogP contribution < -0.4 is 20.3 Å². The van der Waals surface area contributed by atoms with E-state index < -0.39 is 0 Å². The van der Waals surface area contributed by atoms with Crippen molar-refractivity contribution in [1.82, 2.24) is 15.2 Å². The Balaban J connectivity index is 1.45. The topological polar surface area (TPSA) is 66.6 Å². The zero-order valence-electron chi connectivity index (χ0n) is 19.8. The summed E-state index contributed by atoms with van der Waals surface area (Å²) in [4.78, 5) is 18.3. The van der Waals surface area contributed by atoms with Gasteiger partial charge in [0.1, 0.15) is 0 Å². The van der Waals surface area contributed by atoms with Crippen LogP contribution in [0.3, 0.4) is 0 Å². The van der Waals surface area contributed by atoms with Crippen molar-refractivity contribution < 1.29 is 9.47 Å². The highest BCUT2D eigenvalue weighted by Crippen LogP contribution is 2.33. The van der Waals surface area contributed by atoms with E-state index in [9.17, 15) is 4.79 Å². The van der Waals surface area contributed by atoms with Crippen LogP contribution in [0.5, 0.6) is 11.5 Å². The van der Waals surface area contributed by atoms with Crippen LogP contribution in [-0.2, 0) is 13.1 Å². The van der Waals surface area contributed by atoms with Crippen molar-refractivity contribution in [2.45, 2.75) is 65.1 Å². The number of aryl methyl sites for hydroxylation is 2. The summed E-state index contributed by atoms with van der Waals surface area (Å²) in [6.45, 7) is 5.33. The molecule has 6 nitrogen and oxygen atoms in total. The first-order chi connectivity index (χ1) is 16.5. The van der Waals surface area contributed by atoms with E-state index in [-0.39, 0.29) is 12.4 Å². The monoisotopic (exact) mass is 477 g/mol. The number of hydrogen-bond donors (Lipinski definition) is 2. The maximum absolute atomic E-state index is 13.1. The molecule has 0 radical (unpaired) electrons. The van der Waals surface area contributed by atoms with E-state index >= 15 is 0 Å². The van der Waals surface area contributed by atoms with E-state index in [0.717, 1.165) is 51.9 Å². The third-order valence-electron chi connectivity index (χ3n) is 6.91. The van der Waals surface area contributed by atoms with Gasteiger partial charge in [0, 0.05) is 23.5 Å². The molecule has 1 aliphatic heterocycles. The predicted octanol–water partition coefficient (Wildman–Crippen LogP) is 5.08. The zero-order valence-corrected chi connectivity index (χ0v) is 20.6. The van der Waals surface area contributed by atoms with Crippen molar-refractivity contribution in [2.75, 3.05) is 6.79 Å². The quantitative estimate of drug-likeness (QED) is 0.500. The average Bonchev–Trinajstić information content (AvgIpc) is 3.30. The van der Waals surface area contributed by atoms with Gasteiger partial charge in [-0.2, -0.15) is 0 Å². The molecule has 2 aromatic carbocycles. The van der Waals surface area contributed by atoms with Crippen molar-refractivity contribution in [3.63, 3.8) is 0 Å².